The van der Waals surface area contributed by atoms with Crippen LogP contribution in [-0.4, -0.2) is 0 Å². The van der Waals surface area contributed by atoms with Crippen LogP contribution in [0.4, 0.5) is 0 Å². The summed E-state index contributed by atoms with van der Waals surface area (Å²) in [6.45, 7) is 2.29. The van der Waals surface area contributed by atoms with Gasteiger partial charge in [-0.15, -0.1) is 0 Å². The maximum atomic E-state index is 2.65. The van der Waals surface area contributed by atoms with Crippen LogP contribution in [0.1, 0.15) is 96.8 Å². The summed E-state index contributed by atoms with van der Waals surface area (Å²) in [4.78, 5) is 0. The van der Waals surface area contributed by atoms with Crippen LogP contribution in [0.15, 0.2) is 0 Å². The van der Waals surface area contributed by atoms with Gasteiger partial charge in [0.05, 0.1) is 0 Å². The molecule has 0 spiro atoms. The zero-order valence-electron chi connectivity index (χ0n) is 11.9. The Kier molecular flexibility index (Phi) is 17.5. The first-order valence-electron chi connectivity index (χ1n) is 7.92. The topological polar surface area (TPSA) is 0 Å². The van der Waals surface area contributed by atoms with E-state index in [4.69, 9.17) is 0 Å². The summed E-state index contributed by atoms with van der Waals surface area (Å²) in [6, 6.07) is 0. The second-order valence-electron chi connectivity index (χ2n) is 5.25. The van der Waals surface area contributed by atoms with Crippen molar-refractivity contribution in [2.75, 3.05) is 0 Å². The van der Waals surface area contributed by atoms with Gasteiger partial charge in [-0.3, -0.25) is 0 Å². The Morgan fingerprint density at radius 3 is 1.06 bits per heavy atom. The maximum absolute atomic E-state index is 2.65. The Balaban J connectivity index is 2.85. The molecule has 17 heavy (non-hydrogen) atoms. The van der Waals surface area contributed by atoms with E-state index in [9.17, 15) is 0 Å². The normalized spacial score (nSPS) is 11.0. The van der Waals surface area contributed by atoms with Crippen LogP contribution in [0.25, 0.3) is 0 Å². The molecule has 0 heterocycles. The molecule has 0 aliphatic rings. The summed E-state index contributed by atoms with van der Waals surface area (Å²) in [5.41, 5.74) is 0. The zero-order valence-corrected chi connectivity index (χ0v) is 14.1. The van der Waals surface area contributed by atoms with E-state index in [0.717, 1.165) is 0 Å². The Hall–Kier alpha value is 0.740. The van der Waals surface area contributed by atoms with Gasteiger partial charge in [-0.2, -0.15) is 0 Å². The molecule has 0 saturated carbocycles. The number of unbranched alkanes of at least 4 members (excludes halogenated alkanes) is 13. The minimum absolute atomic E-state index is 1.32. The molecule has 1 heteroatoms. The van der Waals surface area contributed by atoms with Gasteiger partial charge in [0.25, 0.3) is 0 Å². The second-order valence-corrected chi connectivity index (χ2v) is 6.33. The van der Waals surface area contributed by atoms with E-state index in [1.165, 1.54) is 94.5 Å². The third kappa shape index (κ3) is 16.7. The molecular weight excluding hydrogens is 389 g/mol. The molecule has 0 N–H and O–H groups in total. The standard InChI is InChI=1S/C16H33.Au/c1-3-5-7-9-11-13-15-16-14-12-10-8-6-4-2;/h1,3-16H2,2H3;. The van der Waals surface area contributed by atoms with Gasteiger partial charge >= 0.3 is 96.3 Å². The van der Waals surface area contributed by atoms with Crippen molar-refractivity contribution in [1.29, 1.82) is 0 Å². The molecule has 0 saturated heterocycles. The minimum atomic E-state index is 1.32. The average Bonchev–Trinajstić information content (AvgIpc) is 2.35. The molecule has 0 amide bonds. The van der Waals surface area contributed by atoms with E-state index in [0.29, 0.717) is 0 Å². The fourth-order valence-corrected chi connectivity index (χ4v) is 2.81. The Labute approximate surface area is 122 Å². The SMILES string of the molecule is CCCCCCCCCCCCCCC[CH2][Au]. The molecule has 0 aromatic carbocycles. The van der Waals surface area contributed by atoms with Gasteiger partial charge in [0, 0.05) is 0 Å². The molecule has 0 aliphatic carbocycles. The molecule has 0 aliphatic heterocycles. The molecule has 0 bridgehead atoms. The summed E-state index contributed by atoms with van der Waals surface area (Å²) in [7, 11) is 0. The van der Waals surface area contributed by atoms with Crippen LogP contribution >= 0.6 is 0 Å². The van der Waals surface area contributed by atoms with Crippen molar-refractivity contribution in [3.05, 3.63) is 0 Å². The molecule has 108 valence electrons. The number of hydrogen-bond donors (Lipinski definition) is 0. The zero-order chi connectivity index (χ0) is 12.6. The van der Waals surface area contributed by atoms with Crippen LogP contribution in [0.5, 0.6) is 0 Å². The third-order valence-corrected chi connectivity index (χ3v) is 4.23. The van der Waals surface area contributed by atoms with Crippen molar-refractivity contribution in [3.8, 4) is 0 Å². The Morgan fingerprint density at radius 1 is 0.471 bits per heavy atom. The van der Waals surface area contributed by atoms with Crippen molar-refractivity contribution in [3.63, 3.8) is 0 Å². The fourth-order valence-electron chi connectivity index (χ4n) is 2.27. The summed E-state index contributed by atoms with van der Waals surface area (Å²) < 4.78 is 1.32. The van der Waals surface area contributed by atoms with Gasteiger partial charge in [-0.25, -0.2) is 0 Å². The van der Waals surface area contributed by atoms with Crippen LogP contribution in [0.3, 0.4) is 0 Å². The molecule has 0 aromatic rings. The molecular formula is C16H33Au. The van der Waals surface area contributed by atoms with Crippen molar-refractivity contribution in [2.24, 2.45) is 0 Å². The Morgan fingerprint density at radius 2 is 0.765 bits per heavy atom. The van der Waals surface area contributed by atoms with E-state index >= 15 is 0 Å². The van der Waals surface area contributed by atoms with Crippen LogP contribution in [0.2, 0.25) is 4.64 Å². The first-order chi connectivity index (χ1) is 8.41. The average molecular weight is 422 g/mol. The van der Waals surface area contributed by atoms with Gasteiger partial charge in [0.15, 0.2) is 0 Å². The van der Waals surface area contributed by atoms with E-state index in [1.807, 2.05) is 0 Å². The summed E-state index contributed by atoms with van der Waals surface area (Å²) in [6.07, 6.45) is 20.5. The number of rotatable bonds is 14. The molecule has 0 fully saturated rings. The van der Waals surface area contributed by atoms with Crippen LogP contribution in [-0.2, 0) is 21.1 Å². The monoisotopic (exact) mass is 422 g/mol. The van der Waals surface area contributed by atoms with Crippen LogP contribution in [0, 0.1) is 0 Å². The van der Waals surface area contributed by atoms with E-state index in [2.05, 4.69) is 28.0 Å². The van der Waals surface area contributed by atoms with Gasteiger partial charge in [-0.1, -0.05) is 26.2 Å². The van der Waals surface area contributed by atoms with E-state index in [1.54, 1.807) is 0 Å². The van der Waals surface area contributed by atoms with Crippen molar-refractivity contribution in [1.82, 2.24) is 0 Å². The quantitative estimate of drug-likeness (QED) is 0.223. The van der Waals surface area contributed by atoms with Crippen LogP contribution < -0.4 is 0 Å². The van der Waals surface area contributed by atoms with Crippen molar-refractivity contribution >= 4 is 0 Å². The van der Waals surface area contributed by atoms with E-state index < -0.39 is 0 Å². The van der Waals surface area contributed by atoms with Crippen molar-refractivity contribution in [2.45, 2.75) is 101 Å². The first kappa shape index (κ1) is 17.7. The second kappa shape index (κ2) is 16.7. The number of hydrogen-bond acceptors (Lipinski definition) is 0. The predicted molar refractivity (Wildman–Crippen MR) is 75.1 cm³/mol. The molecule has 0 aromatic heterocycles. The first-order valence-corrected chi connectivity index (χ1v) is 9.45. The van der Waals surface area contributed by atoms with Gasteiger partial charge in [-0.05, 0) is 0 Å². The molecule has 0 rings (SSSR count). The molecule has 0 atom stereocenters. The summed E-state index contributed by atoms with van der Waals surface area (Å²) in [5, 5.41) is 0. The molecule has 0 nitrogen and oxygen atoms in total. The molecule has 0 unspecified atom stereocenters. The fraction of sp³-hybridized carbons (Fsp3) is 1.00. The van der Waals surface area contributed by atoms with Gasteiger partial charge < -0.3 is 0 Å². The predicted octanol–water partition coefficient (Wildman–Crippen LogP) is 6.43. The van der Waals surface area contributed by atoms with Gasteiger partial charge in [0.2, 0.25) is 0 Å². The van der Waals surface area contributed by atoms with E-state index in [-0.39, 0.29) is 0 Å². The molecule has 0 radical (unpaired) electrons. The summed E-state index contributed by atoms with van der Waals surface area (Å²) >= 11 is 2.65. The third-order valence-electron chi connectivity index (χ3n) is 3.46. The Bertz CT molecular complexity index is 109. The van der Waals surface area contributed by atoms with Crippen molar-refractivity contribution < 1.29 is 21.1 Å². The summed E-state index contributed by atoms with van der Waals surface area (Å²) in [5.74, 6) is 0. The van der Waals surface area contributed by atoms with Gasteiger partial charge in [0.1, 0.15) is 0 Å².